The highest BCUT2D eigenvalue weighted by atomic mass is 16.5. The molecule has 1 fully saturated rings. The number of carbonyl (C=O) groups excluding carboxylic acids is 2. The van der Waals surface area contributed by atoms with Crippen LogP contribution < -0.4 is 10.6 Å². The fraction of sp³-hybridized carbons (Fsp3) is 0.444. The van der Waals surface area contributed by atoms with Gasteiger partial charge in [0.25, 0.3) is 0 Å². The number of rotatable bonds is 10. The number of carboxylic acid groups (broad SMARTS) is 1. The summed E-state index contributed by atoms with van der Waals surface area (Å²) in [5, 5.41) is 14.8. The summed E-state index contributed by atoms with van der Waals surface area (Å²) < 4.78 is 5.59. The molecular weight excluding hydrogens is 432 g/mol. The number of benzene rings is 2. The molecule has 0 bridgehead atoms. The van der Waals surface area contributed by atoms with Crippen LogP contribution in [0.5, 0.6) is 0 Å². The SMILES string of the molecule is CCC[C@H](NC(=O)OCC1c2ccccc2-c2ccccc21)C(=O)NC(CC(=O)O)C1CCC1. The number of amides is 2. The van der Waals surface area contributed by atoms with Crippen molar-refractivity contribution in [1.29, 1.82) is 0 Å². The van der Waals surface area contributed by atoms with Crippen LogP contribution in [0.2, 0.25) is 0 Å². The van der Waals surface area contributed by atoms with Gasteiger partial charge in [-0.25, -0.2) is 4.79 Å². The van der Waals surface area contributed by atoms with Crippen molar-refractivity contribution in [3.63, 3.8) is 0 Å². The van der Waals surface area contributed by atoms with Gasteiger partial charge >= 0.3 is 12.1 Å². The Balaban J connectivity index is 1.38. The van der Waals surface area contributed by atoms with Gasteiger partial charge in [-0.15, -0.1) is 0 Å². The zero-order valence-electron chi connectivity index (χ0n) is 19.5. The number of ether oxygens (including phenoxy) is 1. The van der Waals surface area contributed by atoms with Gasteiger partial charge in [-0.2, -0.15) is 0 Å². The first-order valence-electron chi connectivity index (χ1n) is 12.1. The maximum Gasteiger partial charge on any atom is 0.407 e. The van der Waals surface area contributed by atoms with E-state index in [9.17, 15) is 19.5 Å². The molecule has 0 radical (unpaired) electrons. The lowest BCUT2D eigenvalue weighted by Crippen LogP contribution is -2.52. The first kappa shape index (κ1) is 23.8. The summed E-state index contributed by atoms with van der Waals surface area (Å²) in [7, 11) is 0. The van der Waals surface area contributed by atoms with Crippen LogP contribution in [-0.2, 0) is 14.3 Å². The van der Waals surface area contributed by atoms with Crippen LogP contribution in [0, 0.1) is 5.92 Å². The van der Waals surface area contributed by atoms with E-state index in [2.05, 4.69) is 34.9 Å². The van der Waals surface area contributed by atoms with E-state index in [0.717, 1.165) is 41.5 Å². The number of hydrogen-bond acceptors (Lipinski definition) is 4. The van der Waals surface area contributed by atoms with Gasteiger partial charge in [0, 0.05) is 12.0 Å². The smallest absolute Gasteiger partial charge is 0.407 e. The highest BCUT2D eigenvalue weighted by Gasteiger charge is 2.33. The maximum absolute atomic E-state index is 12.9. The summed E-state index contributed by atoms with van der Waals surface area (Å²) in [4.78, 5) is 36.8. The number of hydrogen-bond donors (Lipinski definition) is 3. The fourth-order valence-electron chi connectivity index (χ4n) is 4.99. The normalized spacial score (nSPS) is 16.5. The van der Waals surface area contributed by atoms with Crippen molar-refractivity contribution in [3.05, 3.63) is 59.7 Å². The largest absolute Gasteiger partial charge is 0.481 e. The molecule has 7 heteroatoms. The first-order chi connectivity index (χ1) is 16.5. The zero-order valence-corrected chi connectivity index (χ0v) is 19.5. The number of carboxylic acids is 1. The molecule has 2 aromatic carbocycles. The Morgan fingerprint density at radius 3 is 2.15 bits per heavy atom. The molecule has 2 aliphatic carbocycles. The first-order valence-corrected chi connectivity index (χ1v) is 12.1. The van der Waals surface area contributed by atoms with Gasteiger partial charge in [-0.05, 0) is 47.4 Å². The van der Waals surface area contributed by atoms with Gasteiger partial charge < -0.3 is 20.5 Å². The molecule has 180 valence electrons. The summed E-state index contributed by atoms with van der Waals surface area (Å²) in [5.41, 5.74) is 4.54. The highest BCUT2D eigenvalue weighted by molar-refractivity contribution is 5.86. The molecule has 0 aromatic heterocycles. The number of fused-ring (bicyclic) bond motifs is 3. The van der Waals surface area contributed by atoms with Gasteiger partial charge in [0.05, 0.1) is 6.42 Å². The molecule has 1 unspecified atom stereocenters. The molecule has 1 saturated carbocycles. The van der Waals surface area contributed by atoms with Crippen LogP contribution in [-0.4, -0.2) is 41.8 Å². The third-order valence-corrected chi connectivity index (χ3v) is 6.97. The quantitative estimate of drug-likeness (QED) is 0.482. The van der Waals surface area contributed by atoms with E-state index in [1.807, 2.05) is 31.2 Å². The lowest BCUT2D eigenvalue weighted by molar-refractivity contribution is -0.138. The summed E-state index contributed by atoms with van der Waals surface area (Å²) in [5.74, 6) is -1.17. The molecule has 2 atom stereocenters. The van der Waals surface area contributed by atoms with Crippen LogP contribution in [0.3, 0.4) is 0 Å². The average Bonchev–Trinajstić information content (AvgIpc) is 3.09. The molecule has 2 aromatic rings. The van der Waals surface area contributed by atoms with Gasteiger partial charge in [0.2, 0.25) is 5.91 Å². The van der Waals surface area contributed by atoms with Gasteiger partial charge in [-0.1, -0.05) is 68.3 Å². The number of aliphatic carboxylic acids is 1. The van der Waals surface area contributed by atoms with Crippen molar-refractivity contribution in [2.75, 3.05) is 6.61 Å². The summed E-state index contributed by atoms with van der Waals surface area (Å²) in [6, 6.07) is 15.0. The van der Waals surface area contributed by atoms with Crippen LogP contribution >= 0.6 is 0 Å². The second-order valence-electron chi connectivity index (χ2n) is 9.22. The molecule has 0 saturated heterocycles. The molecular formula is C27H32N2O5. The summed E-state index contributed by atoms with van der Waals surface area (Å²) in [6.45, 7) is 2.10. The highest BCUT2D eigenvalue weighted by Crippen LogP contribution is 2.44. The van der Waals surface area contributed by atoms with Gasteiger partial charge in [0.15, 0.2) is 0 Å². The average molecular weight is 465 g/mol. The minimum absolute atomic E-state index is 0.0600. The predicted octanol–water partition coefficient (Wildman–Crippen LogP) is 4.45. The molecule has 0 heterocycles. The van der Waals surface area contributed by atoms with E-state index in [1.54, 1.807) is 0 Å². The Hall–Kier alpha value is -3.35. The third kappa shape index (κ3) is 5.24. The van der Waals surface area contributed by atoms with Crippen LogP contribution in [0.15, 0.2) is 48.5 Å². The number of carbonyl (C=O) groups is 3. The number of nitrogens with one attached hydrogen (secondary N) is 2. The Kier molecular flexibility index (Phi) is 7.50. The standard InChI is InChI=1S/C27H32N2O5/c1-2-8-23(26(32)28-24(15-25(30)31)17-9-7-10-17)29-27(33)34-16-22-20-13-5-3-11-18(20)19-12-4-6-14-21(19)22/h3-6,11-14,17,22-24H,2,7-10,15-16H2,1H3,(H,28,32)(H,29,33)(H,30,31)/t23-,24?/m0/s1. The van der Waals surface area contributed by atoms with Crippen molar-refractivity contribution < 1.29 is 24.2 Å². The second kappa shape index (κ2) is 10.7. The molecule has 4 rings (SSSR count). The summed E-state index contributed by atoms with van der Waals surface area (Å²) in [6.07, 6.45) is 3.25. The van der Waals surface area contributed by atoms with Crippen LogP contribution in [0.1, 0.15) is 62.5 Å². The van der Waals surface area contributed by atoms with Crippen LogP contribution in [0.25, 0.3) is 11.1 Å². The molecule has 2 amide bonds. The monoisotopic (exact) mass is 464 g/mol. The molecule has 0 aliphatic heterocycles. The van der Waals surface area contributed by atoms with E-state index >= 15 is 0 Å². The Bertz CT molecular complexity index is 1000. The predicted molar refractivity (Wildman–Crippen MR) is 128 cm³/mol. The fourth-order valence-corrected chi connectivity index (χ4v) is 4.99. The van der Waals surface area contributed by atoms with E-state index in [4.69, 9.17) is 4.74 Å². The minimum Gasteiger partial charge on any atom is -0.481 e. The topological polar surface area (TPSA) is 105 Å². The Morgan fingerprint density at radius 2 is 1.62 bits per heavy atom. The molecule has 0 spiro atoms. The van der Waals surface area contributed by atoms with E-state index in [-0.39, 0.29) is 30.8 Å². The molecule has 34 heavy (non-hydrogen) atoms. The van der Waals surface area contributed by atoms with E-state index < -0.39 is 24.1 Å². The van der Waals surface area contributed by atoms with Crippen molar-refractivity contribution >= 4 is 18.0 Å². The van der Waals surface area contributed by atoms with Crippen molar-refractivity contribution in [1.82, 2.24) is 10.6 Å². The number of alkyl carbamates (subject to hydrolysis) is 1. The molecule has 3 N–H and O–H groups in total. The molecule has 7 nitrogen and oxygen atoms in total. The lowest BCUT2D eigenvalue weighted by Gasteiger charge is -2.34. The maximum atomic E-state index is 12.9. The lowest BCUT2D eigenvalue weighted by atomic mass is 9.78. The second-order valence-corrected chi connectivity index (χ2v) is 9.22. The molecule has 2 aliphatic rings. The Morgan fingerprint density at radius 1 is 1.00 bits per heavy atom. The van der Waals surface area contributed by atoms with E-state index in [1.165, 1.54) is 0 Å². The Labute approximate surface area is 199 Å². The van der Waals surface area contributed by atoms with Gasteiger partial charge in [-0.3, -0.25) is 9.59 Å². The minimum atomic E-state index is -0.936. The van der Waals surface area contributed by atoms with Crippen molar-refractivity contribution in [3.8, 4) is 11.1 Å². The van der Waals surface area contributed by atoms with Crippen molar-refractivity contribution in [2.24, 2.45) is 5.92 Å². The zero-order chi connectivity index (χ0) is 24.1. The summed E-state index contributed by atoms with van der Waals surface area (Å²) >= 11 is 0. The van der Waals surface area contributed by atoms with E-state index in [0.29, 0.717) is 12.8 Å². The van der Waals surface area contributed by atoms with Crippen LogP contribution in [0.4, 0.5) is 4.79 Å². The van der Waals surface area contributed by atoms with Gasteiger partial charge in [0.1, 0.15) is 12.6 Å². The van der Waals surface area contributed by atoms with Crippen molar-refractivity contribution in [2.45, 2.75) is 63.5 Å². The third-order valence-electron chi connectivity index (χ3n) is 6.97.